The normalized spacial score (nSPS) is 32.3. The summed E-state index contributed by atoms with van der Waals surface area (Å²) >= 11 is 0. The molecule has 0 spiro atoms. The lowest BCUT2D eigenvalue weighted by atomic mass is 9.79. The second kappa shape index (κ2) is 5.88. The van der Waals surface area contributed by atoms with E-state index in [0.717, 1.165) is 0 Å². The van der Waals surface area contributed by atoms with Crippen LogP contribution in [-0.2, 0) is 14.4 Å². The summed E-state index contributed by atoms with van der Waals surface area (Å²) in [6.07, 6.45) is -1.02. The molecule has 1 saturated heterocycles. The van der Waals surface area contributed by atoms with Crippen molar-refractivity contribution in [1.29, 1.82) is 0 Å². The van der Waals surface area contributed by atoms with Gasteiger partial charge in [0.25, 0.3) is 0 Å². The fourth-order valence-electron chi connectivity index (χ4n) is 4.72. The summed E-state index contributed by atoms with van der Waals surface area (Å²) in [6.45, 7) is 9.64. The van der Waals surface area contributed by atoms with Crippen molar-refractivity contribution < 1.29 is 28.3 Å². The number of fused-ring (bicyclic) bond motifs is 1. The lowest BCUT2D eigenvalue weighted by Gasteiger charge is -2.39. The minimum atomic E-state index is -2.82. The third kappa shape index (κ3) is 3.31. The van der Waals surface area contributed by atoms with Crippen molar-refractivity contribution in [3.8, 4) is 0 Å². The van der Waals surface area contributed by atoms with Crippen LogP contribution in [0.1, 0.15) is 47.5 Å². The number of carboxylic acid groups (broad SMARTS) is 1. The first kappa shape index (κ1) is 20.0. The van der Waals surface area contributed by atoms with E-state index in [0.29, 0.717) is 6.54 Å². The molecule has 0 radical (unpaired) electrons. The maximum absolute atomic E-state index is 13.2. The Morgan fingerprint density at radius 1 is 1.19 bits per heavy atom. The highest BCUT2D eigenvalue weighted by Crippen LogP contribution is 2.65. The molecule has 3 rings (SSSR count). The van der Waals surface area contributed by atoms with E-state index >= 15 is 0 Å². The molecule has 2 amide bonds. The number of aliphatic carboxylic acids is 1. The summed E-state index contributed by atoms with van der Waals surface area (Å²) < 4.78 is 26.1. The Hall–Kier alpha value is -1.73. The van der Waals surface area contributed by atoms with Gasteiger partial charge in [-0.1, -0.05) is 34.6 Å². The molecule has 0 aromatic heterocycles. The third-order valence-electron chi connectivity index (χ3n) is 6.61. The molecule has 3 fully saturated rings. The number of hydrogen-bond acceptors (Lipinski definition) is 3. The maximum Gasteiger partial charge on any atom is 0.326 e. The molecular weight excluding hydrogens is 358 g/mol. The fourth-order valence-corrected chi connectivity index (χ4v) is 4.72. The number of rotatable bonds is 4. The number of halogens is 2. The summed E-state index contributed by atoms with van der Waals surface area (Å²) in [6, 6.07) is -1.87. The zero-order valence-corrected chi connectivity index (χ0v) is 16.4. The number of hydrogen-bond donors (Lipinski definition) is 2. The molecule has 2 N–H and O–H groups in total. The van der Waals surface area contributed by atoms with Crippen molar-refractivity contribution in [1.82, 2.24) is 10.2 Å². The van der Waals surface area contributed by atoms with E-state index in [4.69, 9.17) is 0 Å². The van der Waals surface area contributed by atoms with E-state index in [1.807, 2.05) is 13.8 Å². The minimum absolute atomic E-state index is 0.0967. The molecule has 6 nitrogen and oxygen atoms in total. The van der Waals surface area contributed by atoms with Crippen molar-refractivity contribution in [2.75, 3.05) is 6.54 Å². The maximum atomic E-state index is 13.2. The van der Waals surface area contributed by atoms with Crippen LogP contribution >= 0.6 is 0 Å². The van der Waals surface area contributed by atoms with Crippen LogP contribution in [0.25, 0.3) is 0 Å². The first-order valence-corrected chi connectivity index (χ1v) is 9.38. The molecule has 2 saturated carbocycles. The van der Waals surface area contributed by atoms with Gasteiger partial charge in [-0.05, 0) is 16.7 Å². The van der Waals surface area contributed by atoms with E-state index in [9.17, 15) is 28.3 Å². The standard InChI is InChI=1S/C19H28F2N2O4/c1-17(2,3)13(22-14(24)9-6-19(20,21)7-9)15(25)23-8-10-11(18(10,4)5)12(23)16(26)27/h9-13H,6-8H2,1-5H3,(H,22,24)(H,26,27)/t10-,11-,12-,13?/m0/s1. The van der Waals surface area contributed by atoms with Gasteiger partial charge in [-0.3, -0.25) is 9.59 Å². The molecular formula is C19H28F2N2O4. The molecule has 8 heteroatoms. The summed E-state index contributed by atoms with van der Waals surface area (Å²) in [7, 11) is 0. The number of likely N-dealkylation sites (tertiary alicyclic amines) is 1. The predicted octanol–water partition coefficient (Wildman–Crippen LogP) is 2.13. The third-order valence-corrected chi connectivity index (χ3v) is 6.61. The van der Waals surface area contributed by atoms with Crippen LogP contribution in [0, 0.1) is 28.6 Å². The van der Waals surface area contributed by atoms with Gasteiger partial charge >= 0.3 is 5.97 Å². The Morgan fingerprint density at radius 2 is 1.74 bits per heavy atom. The lowest BCUT2D eigenvalue weighted by Crippen LogP contribution is -2.59. The SMILES string of the molecule is CC(C)(C)C(NC(=O)C1CC(F)(F)C1)C(=O)N1C[C@H]2[C@@H]([C@H]1C(=O)O)C2(C)C. The zero-order valence-electron chi connectivity index (χ0n) is 16.4. The van der Waals surface area contributed by atoms with E-state index in [1.165, 1.54) is 4.90 Å². The molecule has 1 unspecified atom stereocenters. The van der Waals surface area contributed by atoms with Crippen molar-refractivity contribution in [2.45, 2.75) is 65.5 Å². The molecule has 2 aliphatic carbocycles. The van der Waals surface area contributed by atoms with Crippen LogP contribution in [0.15, 0.2) is 0 Å². The zero-order chi connectivity index (χ0) is 20.5. The Kier molecular flexibility index (Phi) is 4.36. The number of piperidine rings is 1. The smallest absolute Gasteiger partial charge is 0.326 e. The molecule has 152 valence electrons. The highest BCUT2D eigenvalue weighted by atomic mass is 19.3. The van der Waals surface area contributed by atoms with Crippen LogP contribution in [0.4, 0.5) is 8.78 Å². The average molecular weight is 386 g/mol. The summed E-state index contributed by atoms with van der Waals surface area (Å²) in [5, 5.41) is 12.3. The lowest BCUT2D eigenvalue weighted by molar-refractivity contribution is -0.157. The highest BCUT2D eigenvalue weighted by Gasteiger charge is 2.70. The van der Waals surface area contributed by atoms with Gasteiger partial charge in [-0.25, -0.2) is 13.6 Å². The first-order chi connectivity index (χ1) is 12.2. The van der Waals surface area contributed by atoms with Gasteiger partial charge in [0.2, 0.25) is 17.7 Å². The van der Waals surface area contributed by atoms with Crippen LogP contribution in [0.2, 0.25) is 0 Å². The van der Waals surface area contributed by atoms with Crippen LogP contribution < -0.4 is 5.32 Å². The summed E-state index contributed by atoms with van der Waals surface area (Å²) in [5.74, 6) is -5.65. The summed E-state index contributed by atoms with van der Waals surface area (Å²) in [5.41, 5.74) is -0.789. The number of carboxylic acids is 1. The van der Waals surface area contributed by atoms with E-state index in [1.54, 1.807) is 20.8 Å². The van der Waals surface area contributed by atoms with Gasteiger partial charge in [0.1, 0.15) is 12.1 Å². The van der Waals surface area contributed by atoms with E-state index in [2.05, 4.69) is 5.32 Å². The second-order valence-electron chi connectivity index (χ2n) is 10.00. The summed E-state index contributed by atoms with van der Waals surface area (Å²) in [4.78, 5) is 38.7. The van der Waals surface area contributed by atoms with Gasteiger partial charge in [0, 0.05) is 31.2 Å². The number of amides is 2. The molecule has 4 atom stereocenters. The largest absolute Gasteiger partial charge is 0.480 e. The fraction of sp³-hybridized carbons (Fsp3) is 0.842. The first-order valence-electron chi connectivity index (χ1n) is 9.38. The number of alkyl halides is 2. The quantitative estimate of drug-likeness (QED) is 0.775. The number of carbonyl (C=O) groups excluding carboxylic acids is 2. The number of carbonyl (C=O) groups is 3. The molecule has 1 heterocycles. The highest BCUT2D eigenvalue weighted by molar-refractivity contribution is 5.92. The molecule has 3 aliphatic rings. The predicted molar refractivity (Wildman–Crippen MR) is 93.0 cm³/mol. The van der Waals surface area contributed by atoms with Crippen LogP contribution in [0.3, 0.4) is 0 Å². The van der Waals surface area contributed by atoms with E-state index in [-0.39, 0.29) is 17.3 Å². The van der Waals surface area contributed by atoms with Crippen LogP contribution in [-0.4, -0.2) is 52.3 Å². The number of nitrogens with one attached hydrogen (secondary N) is 1. The van der Waals surface area contributed by atoms with Gasteiger partial charge in [-0.15, -0.1) is 0 Å². The van der Waals surface area contributed by atoms with Crippen molar-refractivity contribution in [2.24, 2.45) is 28.6 Å². The van der Waals surface area contributed by atoms with Gasteiger partial charge < -0.3 is 15.3 Å². The Morgan fingerprint density at radius 3 is 2.19 bits per heavy atom. The van der Waals surface area contributed by atoms with E-state index < -0.39 is 60.0 Å². The number of nitrogens with zero attached hydrogens (tertiary/aromatic N) is 1. The molecule has 0 bridgehead atoms. The monoisotopic (exact) mass is 386 g/mol. The van der Waals surface area contributed by atoms with Gasteiger partial charge in [0.15, 0.2) is 0 Å². The molecule has 0 aromatic carbocycles. The van der Waals surface area contributed by atoms with Crippen molar-refractivity contribution >= 4 is 17.8 Å². The molecule has 0 aromatic rings. The average Bonchev–Trinajstić information content (AvgIpc) is 2.84. The Bertz CT molecular complexity index is 678. The molecule has 1 aliphatic heterocycles. The van der Waals surface area contributed by atoms with Crippen molar-refractivity contribution in [3.05, 3.63) is 0 Å². The van der Waals surface area contributed by atoms with Gasteiger partial charge in [-0.2, -0.15) is 0 Å². The topological polar surface area (TPSA) is 86.7 Å². The van der Waals surface area contributed by atoms with Crippen LogP contribution in [0.5, 0.6) is 0 Å². The minimum Gasteiger partial charge on any atom is -0.480 e. The Balaban J connectivity index is 1.75. The Labute approximate surface area is 157 Å². The second-order valence-corrected chi connectivity index (χ2v) is 10.00. The van der Waals surface area contributed by atoms with Crippen molar-refractivity contribution in [3.63, 3.8) is 0 Å². The van der Waals surface area contributed by atoms with Gasteiger partial charge in [0.05, 0.1) is 0 Å². The molecule has 27 heavy (non-hydrogen) atoms.